The second-order valence-corrected chi connectivity index (χ2v) is 9.37. The number of carbonyl (C=O) groups excluding carboxylic acids is 2. The third-order valence-electron chi connectivity index (χ3n) is 5.77. The Hall–Kier alpha value is -3.55. The summed E-state index contributed by atoms with van der Waals surface area (Å²) in [6.07, 6.45) is 0.784. The molecule has 0 unspecified atom stereocenters. The molecule has 3 aromatic rings. The minimum absolute atomic E-state index is 0.124. The molecule has 0 saturated carbocycles. The molecule has 0 spiro atoms. The van der Waals surface area contributed by atoms with E-state index in [-0.39, 0.29) is 31.1 Å². The van der Waals surface area contributed by atoms with Crippen LogP contribution in [0.1, 0.15) is 37.4 Å². The molecule has 3 aromatic carbocycles. The van der Waals surface area contributed by atoms with Crippen LogP contribution in [0.25, 0.3) is 0 Å². The predicted octanol–water partition coefficient (Wildman–Crippen LogP) is 5.43. The summed E-state index contributed by atoms with van der Waals surface area (Å²) < 4.78 is 16.6. The molecule has 202 valence electrons. The van der Waals surface area contributed by atoms with Gasteiger partial charge in [0.15, 0.2) is 6.61 Å². The first kappa shape index (κ1) is 29.0. The van der Waals surface area contributed by atoms with Gasteiger partial charge in [-0.2, -0.15) is 0 Å². The maximum Gasteiger partial charge on any atom is 0.261 e. The smallest absolute Gasteiger partial charge is 0.261 e. The maximum absolute atomic E-state index is 13.7. The van der Waals surface area contributed by atoms with E-state index in [1.54, 1.807) is 31.4 Å². The van der Waals surface area contributed by atoms with Gasteiger partial charge in [-0.15, -0.1) is 0 Å². The van der Waals surface area contributed by atoms with Crippen molar-refractivity contribution in [1.29, 1.82) is 0 Å². The standard InChI is InChI=1S/C30H35ClN2O5/c1-22(2)37-19-9-18-32-30(35)29(24-10-5-4-6-11-24)33(20-23-14-16-25(36-3)17-15-23)28(34)21-38-27-13-8-7-12-26(27)31/h4-8,10-17,22,29H,9,18-21H2,1-3H3,(H,32,35)/t29-/m1/s1. The van der Waals surface area contributed by atoms with Gasteiger partial charge in [-0.3, -0.25) is 9.59 Å². The SMILES string of the molecule is COc1ccc(CN(C(=O)COc2ccccc2Cl)[C@@H](C(=O)NCCCOC(C)C)c2ccccc2)cc1. The molecular formula is C30H35ClN2O5. The number of carbonyl (C=O) groups is 2. The monoisotopic (exact) mass is 538 g/mol. The number of para-hydroxylation sites is 1. The summed E-state index contributed by atoms with van der Waals surface area (Å²) in [5, 5.41) is 3.39. The zero-order valence-electron chi connectivity index (χ0n) is 22.1. The Morgan fingerprint density at radius 3 is 2.29 bits per heavy atom. The van der Waals surface area contributed by atoms with E-state index < -0.39 is 6.04 Å². The fourth-order valence-corrected chi connectivity index (χ4v) is 4.03. The summed E-state index contributed by atoms with van der Waals surface area (Å²) in [6, 6.07) is 22.7. The van der Waals surface area contributed by atoms with Crippen LogP contribution in [-0.4, -0.2) is 49.7 Å². The Morgan fingerprint density at radius 1 is 0.947 bits per heavy atom. The molecule has 0 radical (unpaired) electrons. The van der Waals surface area contributed by atoms with Crippen molar-refractivity contribution < 1.29 is 23.8 Å². The van der Waals surface area contributed by atoms with Gasteiger partial charge < -0.3 is 24.4 Å². The van der Waals surface area contributed by atoms with Crippen molar-refractivity contribution in [2.24, 2.45) is 0 Å². The third-order valence-corrected chi connectivity index (χ3v) is 6.08. The molecule has 2 amide bonds. The van der Waals surface area contributed by atoms with Crippen LogP contribution < -0.4 is 14.8 Å². The zero-order valence-corrected chi connectivity index (χ0v) is 22.8. The quantitative estimate of drug-likeness (QED) is 0.277. The van der Waals surface area contributed by atoms with Crippen LogP contribution in [0.5, 0.6) is 11.5 Å². The molecule has 0 saturated heterocycles. The van der Waals surface area contributed by atoms with Crippen molar-refractivity contribution >= 4 is 23.4 Å². The molecule has 1 atom stereocenters. The number of hydrogen-bond acceptors (Lipinski definition) is 5. The van der Waals surface area contributed by atoms with E-state index in [0.717, 1.165) is 5.56 Å². The van der Waals surface area contributed by atoms with E-state index in [1.165, 1.54) is 4.90 Å². The molecule has 0 aliphatic carbocycles. The Kier molecular flexibility index (Phi) is 11.5. The van der Waals surface area contributed by atoms with Gasteiger partial charge in [-0.05, 0) is 55.7 Å². The van der Waals surface area contributed by atoms with Crippen LogP contribution in [0.4, 0.5) is 0 Å². The highest BCUT2D eigenvalue weighted by Crippen LogP contribution is 2.27. The van der Waals surface area contributed by atoms with E-state index in [0.29, 0.717) is 41.7 Å². The number of ether oxygens (including phenoxy) is 3. The van der Waals surface area contributed by atoms with Gasteiger partial charge in [-0.25, -0.2) is 0 Å². The molecule has 0 heterocycles. The first-order valence-corrected chi connectivity index (χ1v) is 13.0. The summed E-state index contributed by atoms with van der Waals surface area (Å²) in [4.78, 5) is 28.8. The lowest BCUT2D eigenvalue weighted by Crippen LogP contribution is -2.45. The summed E-state index contributed by atoms with van der Waals surface area (Å²) in [5.41, 5.74) is 1.54. The van der Waals surface area contributed by atoms with Crippen molar-refractivity contribution in [3.63, 3.8) is 0 Å². The predicted molar refractivity (Wildman–Crippen MR) is 148 cm³/mol. The molecule has 1 N–H and O–H groups in total. The molecular weight excluding hydrogens is 504 g/mol. The van der Waals surface area contributed by atoms with E-state index >= 15 is 0 Å². The van der Waals surface area contributed by atoms with Crippen LogP contribution in [0.2, 0.25) is 5.02 Å². The Labute approximate surface area is 229 Å². The summed E-state index contributed by atoms with van der Waals surface area (Å²) in [7, 11) is 1.60. The summed E-state index contributed by atoms with van der Waals surface area (Å²) in [5.74, 6) is 0.473. The largest absolute Gasteiger partial charge is 0.497 e. The number of hydrogen-bond donors (Lipinski definition) is 1. The Bertz CT molecular complexity index is 1150. The van der Waals surface area contributed by atoms with Gasteiger partial charge in [0, 0.05) is 19.7 Å². The number of nitrogens with one attached hydrogen (secondary N) is 1. The molecule has 0 bridgehead atoms. The number of halogens is 1. The van der Waals surface area contributed by atoms with Crippen molar-refractivity contribution in [3.8, 4) is 11.5 Å². The van der Waals surface area contributed by atoms with E-state index in [2.05, 4.69) is 5.32 Å². The maximum atomic E-state index is 13.7. The van der Waals surface area contributed by atoms with Crippen LogP contribution in [-0.2, 0) is 20.9 Å². The number of rotatable bonds is 14. The average Bonchev–Trinajstić information content (AvgIpc) is 2.92. The van der Waals surface area contributed by atoms with Crippen LogP contribution in [0, 0.1) is 0 Å². The van der Waals surface area contributed by atoms with Crippen LogP contribution in [0.15, 0.2) is 78.9 Å². The first-order chi connectivity index (χ1) is 18.4. The average molecular weight is 539 g/mol. The second kappa shape index (κ2) is 15.0. The summed E-state index contributed by atoms with van der Waals surface area (Å²) in [6.45, 7) is 4.81. The van der Waals surface area contributed by atoms with Crippen molar-refractivity contribution in [2.75, 3.05) is 26.9 Å². The third kappa shape index (κ3) is 8.78. The molecule has 7 nitrogen and oxygen atoms in total. The molecule has 0 fully saturated rings. The van der Waals surface area contributed by atoms with Crippen molar-refractivity contribution in [1.82, 2.24) is 10.2 Å². The van der Waals surface area contributed by atoms with Gasteiger partial charge >= 0.3 is 0 Å². The molecule has 8 heteroatoms. The van der Waals surface area contributed by atoms with E-state index in [1.807, 2.05) is 68.4 Å². The highest BCUT2D eigenvalue weighted by Gasteiger charge is 2.31. The minimum Gasteiger partial charge on any atom is -0.497 e. The van der Waals surface area contributed by atoms with Gasteiger partial charge in [0.2, 0.25) is 5.91 Å². The lowest BCUT2D eigenvalue weighted by Gasteiger charge is -2.31. The van der Waals surface area contributed by atoms with Crippen LogP contribution in [0.3, 0.4) is 0 Å². The minimum atomic E-state index is -0.869. The molecule has 38 heavy (non-hydrogen) atoms. The van der Waals surface area contributed by atoms with Gasteiger partial charge in [0.1, 0.15) is 17.5 Å². The zero-order chi connectivity index (χ0) is 27.3. The number of nitrogens with zero attached hydrogens (tertiary/aromatic N) is 1. The summed E-state index contributed by atoms with van der Waals surface area (Å²) >= 11 is 6.22. The van der Waals surface area contributed by atoms with Gasteiger partial charge in [0.05, 0.1) is 18.2 Å². The highest BCUT2D eigenvalue weighted by molar-refractivity contribution is 6.32. The topological polar surface area (TPSA) is 77.1 Å². The Morgan fingerprint density at radius 2 is 1.63 bits per heavy atom. The molecule has 0 aromatic heterocycles. The normalized spacial score (nSPS) is 11.6. The molecule has 3 rings (SSSR count). The second-order valence-electron chi connectivity index (χ2n) is 8.97. The van der Waals surface area contributed by atoms with E-state index in [4.69, 9.17) is 25.8 Å². The highest BCUT2D eigenvalue weighted by atomic mass is 35.5. The van der Waals surface area contributed by atoms with E-state index in [9.17, 15) is 9.59 Å². The number of benzene rings is 3. The van der Waals surface area contributed by atoms with Gasteiger partial charge in [-0.1, -0.05) is 66.2 Å². The van der Waals surface area contributed by atoms with Crippen molar-refractivity contribution in [3.05, 3.63) is 95.0 Å². The lowest BCUT2D eigenvalue weighted by atomic mass is 10.0. The van der Waals surface area contributed by atoms with Gasteiger partial charge in [0.25, 0.3) is 5.91 Å². The Balaban J connectivity index is 1.86. The molecule has 0 aliphatic heterocycles. The van der Waals surface area contributed by atoms with Crippen LogP contribution >= 0.6 is 11.6 Å². The number of amides is 2. The fourth-order valence-electron chi connectivity index (χ4n) is 3.84. The first-order valence-electron chi connectivity index (χ1n) is 12.6. The molecule has 0 aliphatic rings. The lowest BCUT2D eigenvalue weighted by molar-refractivity contribution is -0.143. The number of methoxy groups -OCH3 is 1. The fraction of sp³-hybridized carbons (Fsp3) is 0.333. The van der Waals surface area contributed by atoms with Crippen molar-refractivity contribution in [2.45, 2.75) is 39.0 Å².